The van der Waals surface area contributed by atoms with Crippen LogP contribution in [-0.2, 0) is 19.0 Å². The molecular formula is C28H42O5. The second-order valence-corrected chi connectivity index (χ2v) is 10.2. The largest absolute Gasteiger partial charge is 0.466 e. The minimum absolute atomic E-state index is 0.0792. The molecule has 1 N–H and O–H groups in total. The van der Waals surface area contributed by atoms with E-state index in [1.165, 1.54) is 24.8 Å². The van der Waals surface area contributed by atoms with Gasteiger partial charge in [0.15, 0.2) is 6.29 Å². The first-order chi connectivity index (χ1) is 16.1. The van der Waals surface area contributed by atoms with Crippen molar-refractivity contribution < 1.29 is 24.1 Å². The quantitative estimate of drug-likeness (QED) is 0.346. The van der Waals surface area contributed by atoms with Gasteiger partial charge in [-0.3, -0.25) is 4.79 Å². The molecule has 2 unspecified atom stereocenters. The molecule has 0 amide bonds. The number of hydrogen-bond acceptors (Lipinski definition) is 5. The molecule has 4 aliphatic rings. The third-order valence-electron chi connectivity index (χ3n) is 7.91. The van der Waals surface area contributed by atoms with Crippen molar-refractivity contribution in [2.24, 2.45) is 23.7 Å². The Morgan fingerprint density at radius 3 is 2.82 bits per heavy atom. The minimum atomic E-state index is -0.338. The lowest BCUT2D eigenvalue weighted by molar-refractivity contribution is -0.192. The molecule has 0 aromatic rings. The number of fused-ring (bicyclic) bond motifs is 1. The Kier molecular flexibility index (Phi) is 9.22. The summed E-state index contributed by atoms with van der Waals surface area (Å²) in [6, 6.07) is 0. The summed E-state index contributed by atoms with van der Waals surface area (Å²) in [5.74, 6) is 1.60. The van der Waals surface area contributed by atoms with Crippen molar-refractivity contribution in [2.45, 2.75) is 96.1 Å². The van der Waals surface area contributed by atoms with Gasteiger partial charge in [0.2, 0.25) is 0 Å². The Morgan fingerprint density at radius 2 is 2.06 bits per heavy atom. The van der Waals surface area contributed by atoms with Crippen LogP contribution >= 0.6 is 0 Å². The molecule has 0 aromatic heterocycles. The third-order valence-corrected chi connectivity index (χ3v) is 7.91. The lowest BCUT2D eigenvalue weighted by atomic mass is 9.88. The zero-order valence-electron chi connectivity index (χ0n) is 20.2. The second-order valence-electron chi connectivity index (χ2n) is 10.2. The fraction of sp³-hybridized carbons (Fsp3) is 0.750. The van der Waals surface area contributed by atoms with Crippen molar-refractivity contribution in [3.05, 3.63) is 36.0 Å². The minimum Gasteiger partial charge on any atom is -0.466 e. The maximum Gasteiger partial charge on any atom is 0.306 e. The fourth-order valence-electron chi connectivity index (χ4n) is 6.17. The van der Waals surface area contributed by atoms with E-state index in [0.29, 0.717) is 43.1 Å². The van der Waals surface area contributed by atoms with E-state index >= 15 is 0 Å². The van der Waals surface area contributed by atoms with Gasteiger partial charge in [-0.2, -0.15) is 0 Å². The normalized spacial score (nSPS) is 33.6. The van der Waals surface area contributed by atoms with Gasteiger partial charge in [-0.1, -0.05) is 48.8 Å². The Labute approximate surface area is 199 Å². The average Bonchev–Trinajstić information content (AvgIpc) is 3.54. The fourth-order valence-corrected chi connectivity index (χ4v) is 6.17. The highest BCUT2D eigenvalue weighted by Crippen LogP contribution is 2.49. The molecule has 33 heavy (non-hydrogen) atoms. The van der Waals surface area contributed by atoms with Crippen molar-refractivity contribution in [1.82, 2.24) is 0 Å². The summed E-state index contributed by atoms with van der Waals surface area (Å²) in [7, 11) is 0. The first kappa shape index (κ1) is 24.7. The van der Waals surface area contributed by atoms with E-state index in [-0.39, 0.29) is 24.5 Å². The van der Waals surface area contributed by atoms with Crippen LogP contribution in [0.4, 0.5) is 0 Å². The molecular weight excluding hydrogens is 416 g/mol. The zero-order valence-corrected chi connectivity index (χ0v) is 20.2. The van der Waals surface area contributed by atoms with Gasteiger partial charge in [-0.15, -0.1) is 0 Å². The molecule has 0 bridgehead atoms. The van der Waals surface area contributed by atoms with Crippen LogP contribution in [0.1, 0.15) is 77.6 Å². The second kappa shape index (κ2) is 12.3. The number of esters is 1. The number of carbonyl (C=O) groups is 1. The molecule has 5 nitrogen and oxygen atoms in total. The number of ether oxygens (including phenoxy) is 3. The van der Waals surface area contributed by atoms with Crippen molar-refractivity contribution >= 4 is 5.97 Å². The molecule has 4 rings (SSSR count). The van der Waals surface area contributed by atoms with Crippen LogP contribution in [0.25, 0.3) is 0 Å². The van der Waals surface area contributed by atoms with Crippen LogP contribution < -0.4 is 0 Å². The van der Waals surface area contributed by atoms with Gasteiger partial charge < -0.3 is 19.3 Å². The number of rotatable bonds is 10. The van der Waals surface area contributed by atoms with E-state index in [1.54, 1.807) is 0 Å². The molecule has 2 saturated carbocycles. The SMILES string of the molecule is CCOC(=O)CCC=CC1=C[C@H]2C[C@@H](OC3CCCCO3)[C@@H](/C=C\C(O)C3CCCC3)[C@H]2C1. The lowest BCUT2D eigenvalue weighted by Crippen LogP contribution is -2.31. The number of aliphatic hydroxyl groups is 1. The molecule has 184 valence electrons. The first-order valence-electron chi connectivity index (χ1n) is 13.3. The summed E-state index contributed by atoms with van der Waals surface area (Å²) >= 11 is 0. The zero-order chi connectivity index (χ0) is 23.0. The van der Waals surface area contributed by atoms with Gasteiger partial charge in [0, 0.05) is 18.9 Å². The Balaban J connectivity index is 1.37. The van der Waals surface area contributed by atoms with Crippen LogP contribution in [0.15, 0.2) is 36.0 Å². The van der Waals surface area contributed by atoms with Crippen LogP contribution in [0.3, 0.4) is 0 Å². The van der Waals surface area contributed by atoms with E-state index in [1.807, 2.05) is 6.92 Å². The van der Waals surface area contributed by atoms with E-state index in [2.05, 4.69) is 30.4 Å². The number of aliphatic hydroxyl groups excluding tert-OH is 1. The molecule has 1 heterocycles. The number of carbonyl (C=O) groups excluding carboxylic acids is 1. The highest BCUT2D eigenvalue weighted by molar-refractivity contribution is 5.69. The number of hydrogen-bond donors (Lipinski definition) is 1. The van der Waals surface area contributed by atoms with E-state index in [9.17, 15) is 9.90 Å². The lowest BCUT2D eigenvalue weighted by Gasteiger charge is -2.29. The van der Waals surface area contributed by atoms with Gasteiger partial charge in [0.1, 0.15) is 0 Å². The summed E-state index contributed by atoms with van der Waals surface area (Å²) in [5, 5.41) is 10.7. The molecule has 5 heteroatoms. The van der Waals surface area contributed by atoms with Gasteiger partial charge in [0.05, 0.1) is 18.8 Å². The summed E-state index contributed by atoms with van der Waals surface area (Å²) in [6.07, 6.45) is 22.0. The molecule has 3 fully saturated rings. The third kappa shape index (κ3) is 6.80. The van der Waals surface area contributed by atoms with Crippen LogP contribution in [0.5, 0.6) is 0 Å². The molecule has 6 atom stereocenters. The maximum atomic E-state index is 11.5. The van der Waals surface area contributed by atoms with E-state index in [0.717, 1.165) is 45.1 Å². The molecule has 3 aliphatic carbocycles. The molecule has 0 spiro atoms. The smallest absolute Gasteiger partial charge is 0.306 e. The monoisotopic (exact) mass is 458 g/mol. The van der Waals surface area contributed by atoms with Gasteiger partial charge in [0.25, 0.3) is 0 Å². The Morgan fingerprint density at radius 1 is 1.24 bits per heavy atom. The predicted octanol–water partition coefficient (Wildman–Crippen LogP) is 5.49. The summed E-state index contributed by atoms with van der Waals surface area (Å²) in [6.45, 7) is 3.08. The number of allylic oxidation sites excluding steroid dienone is 4. The van der Waals surface area contributed by atoms with Crippen LogP contribution in [0.2, 0.25) is 0 Å². The highest BCUT2D eigenvalue weighted by atomic mass is 16.7. The Bertz CT molecular complexity index is 714. The molecule has 1 saturated heterocycles. The average molecular weight is 459 g/mol. The van der Waals surface area contributed by atoms with E-state index < -0.39 is 0 Å². The molecule has 0 aromatic carbocycles. The maximum absolute atomic E-state index is 11.5. The molecule has 1 aliphatic heterocycles. The topological polar surface area (TPSA) is 65.0 Å². The van der Waals surface area contributed by atoms with Crippen LogP contribution in [-0.4, -0.2) is 42.8 Å². The van der Waals surface area contributed by atoms with Gasteiger partial charge >= 0.3 is 5.97 Å². The van der Waals surface area contributed by atoms with Gasteiger partial charge in [-0.25, -0.2) is 0 Å². The summed E-state index contributed by atoms with van der Waals surface area (Å²) in [5.41, 5.74) is 1.36. The van der Waals surface area contributed by atoms with Gasteiger partial charge in [-0.05, 0) is 76.0 Å². The van der Waals surface area contributed by atoms with Crippen LogP contribution in [0, 0.1) is 23.7 Å². The molecule has 0 radical (unpaired) electrons. The summed E-state index contributed by atoms with van der Waals surface area (Å²) < 4.78 is 17.4. The van der Waals surface area contributed by atoms with Crippen molar-refractivity contribution in [2.75, 3.05) is 13.2 Å². The highest BCUT2D eigenvalue weighted by Gasteiger charge is 2.45. The van der Waals surface area contributed by atoms with Crippen molar-refractivity contribution in [1.29, 1.82) is 0 Å². The van der Waals surface area contributed by atoms with Crippen molar-refractivity contribution in [3.8, 4) is 0 Å². The summed E-state index contributed by atoms with van der Waals surface area (Å²) in [4.78, 5) is 11.5. The first-order valence-corrected chi connectivity index (χ1v) is 13.3. The standard InChI is InChI=1S/C28H42O5/c1-2-31-27(30)12-6-3-9-20-17-22-19-26(33-28-13-7-8-16-32-28)23(24(22)18-20)14-15-25(29)21-10-4-5-11-21/h3,9,14-15,17,21-26,28-29H,2,4-8,10-13,16,18-19H2,1H3/b9-3?,15-14-/t22-,23-,24-,25?,26+,28?/m0/s1. The van der Waals surface area contributed by atoms with E-state index in [4.69, 9.17) is 14.2 Å². The van der Waals surface area contributed by atoms with Crippen molar-refractivity contribution in [3.63, 3.8) is 0 Å². The predicted molar refractivity (Wildman–Crippen MR) is 128 cm³/mol. The Hall–Kier alpha value is -1.43.